The summed E-state index contributed by atoms with van der Waals surface area (Å²) in [5.41, 5.74) is 0.982. The van der Waals surface area contributed by atoms with Gasteiger partial charge in [-0.25, -0.2) is 14.8 Å². The summed E-state index contributed by atoms with van der Waals surface area (Å²) in [4.78, 5) is 56.3. The minimum Gasteiger partial charge on any atom is -0.353 e. The predicted molar refractivity (Wildman–Crippen MR) is 156 cm³/mol. The van der Waals surface area contributed by atoms with Gasteiger partial charge < -0.3 is 19.6 Å². The van der Waals surface area contributed by atoms with Gasteiger partial charge in [0.05, 0.1) is 11.0 Å². The number of Topliss-reactive ketones (excluding diaryl/α,β-unsaturated/α-hetero) is 1. The van der Waals surface area contributed by atoms with E-state index in [-0.39, 0.29) is 23.6 Å². The topological polar surface area (TPSA) is 90.0 Å². The highest BCUT2D eigenvalue weighted by atomic mass is 32.1. The quantitative estimate of drug-likeness (QED) is 0.398. The van der Waals surface area contributed by atoms with Crippen molar-refractivity contribution < 1.29 is 14.4 Å². The number of hydrogen-bond acceptors (Lipinski definition) is 7. The van der Waals surface area contributed by atoms with E-state index in [0.29, 0.717) is 44.0 Å². The Bertz CT molecular complexity index is 1300. The number of hydrogen-bond donors (Lipinski definition) is 0. The first-order valence-corrected chi connectivity index (χ1v) is 14.9. The molecule has 10 heteroatoms. The fraction of sp³-hybridized carbons (Fsp3) is 0.433. The first-order chi connectivity index (χ1) is 19.5. The van der Waals surface area contributed by atoms with E-state index in [9.17, 15) is 14.4 Å². The van der Waals surface area contributed by atoms with Crippen molar-refractivity contribution in [2.75, 3.05) is 50.7 Å². The Kier molecular flexibility index (Phi) is 8.74. The van der Waals surface area contributed by atoms with Gasteiger partial charge in [0, 0.05) is 68.9 Å². The van der Waals surface area contributed by atoms with Crippen LogP contribution in [0.1, 0.15) is 58.5 Å². The average molecular weight is 561 g/mol. The Balaban J connectivity index is 1.13. The van der Waals surface area contributed by atoms with Crippen LogP contribution in [0.25, 0.3) is 0 Å². The minimum absolute atomic E-state index is 0.0820. The summed E-state index contributed by atoms with van der Waals surface area (Å²) in [7, 11) is 0. The average Bonchev–Trinajstić information content (AvgIpc) is 3.52. The van der Waals surface area contributed by atoms with Crippen LogP contribution < -0.4 is 4.90 Å². The minimum atomic E-state index is -0.579. The molecule has 3 aromatic rings. The van der Waals surface area contributed by atoms with Gasteiger partial charge in [-0.1, -0.05) is 36.4 Å². The normalized spacial score (nSPS) is 17.0. The van der Waals surface area contributed by atoms with Gasteiger partial charge >= 0.3 is 6.03 Å². The van der Waals surface area contributed by atoms with Gasteiger partial charge in [0.25, 0.3) is 5.91 Å². The molecule has 0 aliphatic carbocycles. The highest BCUT2D eigenvalue weighted by Crippen LogP contribution is 2.31. The maximum absolute atomic E-state index is 13.3. The first-order valence-electron chi connectivity index (χ1n) is 14.0. The summed E-state index contributed by atoms with van der Waals surface area (Å²) in [5.74, 6) is 0.867. The zero-order valence-electron chi connectivity index (χ0n) is 23.1. The van der Waals surface area contributed by atoms with E-state index in [2.05, 4.69) is 9.88 Å². The van der Waals surface area contributed by atoms with Crippen molar-refractivity contribution in [3.05, 3.63) is 76.4 Å². The Morgan fingerprint density at radius 1 is 0.950 bits per heavy atom. The lowest BCUT2D eigenvalue weighted by molar-refractivity contribution is 0.0633. The number of ketones is 1. The molecule has 1 unspecified atom stereocenters. The summed E-state index contributed by atoms with van der Waals surface area (Å²) >= 11 is 1.50. The number of likely N-dealkylation sites (tertiary alicyclic amines) is 1. The van der Waals surface area contributed by atoms with E-state index in [1.54, 1.807) is 35.5 Å². The lowest BCUT2D eigenvalue weighted by Gasteiger charge is -2.39. The van der Waals surface area contributed by atoms with Crippen LogP contribution in [0.2, 0.25) is 0 Å². The summed E-state index contributed by atoms with van der Waals surface area (Å²) in [6, 6.07) is 14.5. The second kappa shape index (κ2) is 12.6. The van der Waals surface area contributed by atoms with Crippen molar-refractivity contribution in [3.8, 4) is 0 Å². The summed E-state index contributed by atoms with van der Waals surface area (Å²) in [6.07, 6.45) is 3.44. The van der Waals surface area contributed by atoms with E-state index >= 15 is 0 Å². The van der Waals surface area contributed by atoms with Crippen molar-refractivity contribution >= 4 is 34.9 Å². The third kappa shape index (κ3) is 6.01. The standard InChI is InChI=1S/C30H36N6O3S/c1-3-36(22(2)27(37)23-9-5-4-6-10-23)29(38)25-21-40-28(32-25)24-12-15-34(16-13-24)30(39)35-19-17-33(18-20-35)26-11-7-8-14-31-26/h4-11,14,21-22,24H,3,12-13,15-20H2,1-2H3. The van der Waals surface area contributed by atoms with Crippen LogP contribution >= 0.6 is 11.3 Å². The van der Waals surface area contributed by atoms with Gasteiger partial charge in [-0.05, 0) is 38.8 Å². The van der Waals surface area contributed by atoms with Crippen LogP contribution in [0.4, 0.5) is 10.6 Å². The number of thiazole rings is 1. The van der Waals surface area contributed by atoms with Gasteiger partial charge in [-0.3, -0.25) is 9.59 Å². The smallest absolute Gasteiger partial charge is 0.320 e. The molecule has 9 nitrogen and oxygen atoms in total. The van der Waals surface area contributed by atoms with Gasteiger partial charge in [-0.15, -0.1) is 11.3 Å². The highest BCUT2D eigenvalue weighted by Gasteiger charge is 2.32. The van der Waals surface area contributed by atoms with Crippen molar-refractivity contribution in [3.63, 3.8) is 0 Å². The summed E-state index contributed by atoms with van der Waals surface area (Å²) in [5, 5.41) is 2.73. The van der Waals surface area contributed by atoms with Gasteiger partial charge in [-0.2, -0.15) is 0 Å². The molecule has 1 atom stereocenters. The van der Waals surface area contributed by atoms with Crippen molar-refractivity contribution in [2.45, 2.75) is 38.6 Å². The third-order valence-electron chi connectivity index (χ3n) is 7.89. The van der Waals surface area contributed by atoms with Gasteiger partial charge in [0.1, 0.15) is 11.5 Å². The zero-order valence-corrected chi connectivity index (χ0v) is 23.9. The van der Waals surface area contributed by atoms with Crippen LogP contribution in [0.5, 0.6) is 0 Å². The molecule has 0 N–H and O–H groups in total. The maximum Gasteiger partial charge on any atom is 0.320 e. The molecule has 1 aromatic carbocycles. The van der Waals surface area contributed by atoms with Crippen molar-refractivity contribution in [1.29, 1.82) is 0 Å². The molecule has 2 aliphatic rings. The van der Waals surface area contributed by atoms with E-state index in [0.717, 1.165) is 36.8 Å². The molecule has 5 rings (SSSR count). The maximum atomic E-state index is 13.3. The number of benzene rings is 1. The molecule has 2 saturated heterocycles. The number of amides is 3. The fourth-order valence-corrected chi connectivity index (χ4v) is 6.45. The Labute approximate surface area is 239 Å². The molecule has 2 aromatic heterocycles. The number of rotatable bonds is 7. The fourth-order valence-electron chi connectivity index (χ4n) is 5.48. The number of piperazine rings is 1. The monoisotopic (exact) mass is 560 g/mol. The number of likely N-dealkylation sites (N-methyl/N-ethyl adjacent to an activating group) is 1. The molecule has 4 heterocycles. The lowest BCUT2D eigenvalue weighted by atomic mass is 9.98. The van der Waals surface area contributed by atoms with E-state index in [4.69, 9.17) is 4.98 Å². The second-order valence-electron chi connectivity index (χ2n) is 10.3. The van der Waals surface area contributed by atoms with E-state index in [1.165, 1.54) is 11.3 Å². The molecule has 0 saturated carbocycles. The van der Waals surface area contributed by atoms with Crippen LogP contribution in [0.15, 0.2) is 60.1 Å². The Morgan fingerprint density at radius 3 is 2.27 bits per heavy atom. The van der Waals surface area contributed by atoms with Crippen LogP contribution in [-0.2, 0) is 0 Å². The number of carbonyl (C=O) groups excluding carboxylic acids is 3. The van der Waals surface area contributed by atoms with Crippen LogP contribution in [-0.4, -0.2) is 94.2 Å². The Hall–Kier alpha value is -3.79. The molecule has 3 amide bonds. The van der Waals surface area contributed by atoms with Gasteiger partial charge in [0.15, 0.2) is 5.78 Å². The number of pyridine rings is 1. The Morgan fingerprint density at radius 2 is 1.62 bits per heavy atom. The molecule has 2 aliphatic heterocycles. The van der Waals surface area contributed by atoms with Crippen LogP contribution in [0, 0.1) is 0 Å². The highest BCUT2D eigenvalue weighted by molar-refractivity contribution is 7.09. The number of nitrogens with zero attached hydrogens (tertiary/aromatic N) is 6. The predicted octanol–water partition coefficient (Wildman–Crippen LogP) is 4.39. The zero-order chi connectivity index (χ0) is 28.1. The second-order valence-corrected chi connectivity index (χ2v) is 11.2. The number of carbonyl (C=O) groups is 3. The molecule has 0 spiro atoms. The third-order valence-corrected chi connectivity index (χ3v) is 8.89. The molecule has 2 fully saturated rings. The van der Waals surface area contributed by atoms with Gasteiger partial charge in [0.2, 0.25) is 0 Å². The number of piperidine rings is 1. The van der Waals surface area contributed by atoms with Crippen LogP contribution in [0.3, 0.4) is 0 Å². The molecule has 0 bridgehead atoms. The molecule has 0 radical (unpaired) electrons. The lowest BCUT2D eigenvalue weighted by Crippen LogP contribution is -2.54. The van der Waals surface area contributed by atoms with E-state index < -0.39 is 6.04 Å². The molecular formula is C30H36N6O3S. The van der Waals surface area contributed by atoms with Crippen molar-refractivity contribution in [1.82, 2.24) is 24.7 Å². The SMILES string of the molecule is CCN(C(=O)c1csc(C2CCN(C(=O)N3CCN(c4ccccn4)CC3)CC2)n1)C(C)C(=O)c1ccccc1. The van der Waals surface area contributed by atoms with E-state index in [1.807, 2.05) is 53.1 Å². The molecular weight excluding hydrogens is 524 g/mol. The summed E-state index contributed by atoms with van der Waals surface area (Å²) in [6.45, 7) is 8.35. The molecule has 210 valence electrons. The molecule has 40 heavy (non-hydrogen) atoms. The first kappa shape index (κ1) is 27.8. The number of anilines is 1. The number of aromatic nitrogens is 2. The van der Waals surface area contributed by atoms with Crippen molar-refractivity contribution in [2.24, 2.45) is 0 Å². The largest absolute Gasteiger partial charge is 0.353 e. The number of urea groups is 1. The summed E-state index contributed by atoms with van der Waals surface area (Å²) < 4.78 is 0.